The second-order valence-electron chi connectivity index (χ2n) is 9.76. The normalized spacial score (nSPS) is 19.0. The second-order valence-corrected chi connectivity index (χ2v) is 10.6. The molecule has 0 spiro atoms. The van der Waals surface area contributed by atoms with Crippen LogP contribution in [-0.4, -0.2) is 31.6 Å². The Morgan fingerprint density at radius 1 is 1.03 bits per heavy atom. The molecule has 2 aromatic carbocycles. The lowest BCUT2D eigenvalue weighted by Crippen LogP contribution is -2.44. The second kappa shape index (κ2) is 9.37. The summed E-state index contributed by atoms with van der Waals surface area (Å²) in [5, 5.41) is 0. The number of rotatable bonds is 6. The van der Waals surface area contributed by atoms with Gasteiger partial charge < -0.3 is 9.31 Å². The molecule has 0 radical (unpaired) electrons. The molecule has 6 heteroatoms. The molecule has 5 rings (SSSR count). The van der Waals surface area contributed by atoms with Gasteiger partial charge in [0.1, 0.15) is 6.29 Å². The first kappa shape index (κ1) is 22.3. The lowest BCUT2D eigenvalue weighted by Gasteiger charge is -2.39. The van der Waals surface area contributed by atoms with E-state index in [-0.39, 0.29) is 12.5 Å². The number of thiazole rings is 1. The summed E-state index contributed by atoms with van der Waals surface area (Å²) in [7, 11) is -0.342. The monoisotopic (exact) mass is 457 g/mol. The first-order valence-electron chi connectivity index (χ1n) is 11.6. The summed E-state index contributed by atoms with van der Waals surface area (Å²) < 4.78 is 12.6. The molecule has 0 atom stereocenters. The number of benzene rings is 2. The minimum atomic E-state index is -0.342. The lowest BCUT2D eigenvalue weighted by atomic mass is 9.59. The van der Waals surface area contributed by atoms with Crippen molar-refractivity contribution in [3.63, 3.8) is 0 Å². The third-order valence-electron chi connectivity index (χ3n) is 6.56. The van der Waals surface area contributed by atoms with E-state index in [2.05, 4.69) is 43.1 Å². The van der Waals surface area contributed by atoms with Gasteiger partial charge >= 0.3 is 7.12 Å². The van der Waals surface area contributed by atoms with Crippen molar-refractivity contribution < 1.29 is 14.1 Å². The van der Waals surface area contributed by atoms with Crippen LogP contribution in [0, 0.1) is 11.3 Å². The molecular weight excluding hydrogens is 429 g/mol. The van der Waals surface area contributed by atoms with Crippen LogP contribution in [0.4, 0.5) is 0 Å². The standard InChI is InChI=1S/C27H28BNO3S/c1-27(2)16-31-28(32-17-27)26(23-4-3-5-23)25(21-8-6-19(15-30)7-9-21)22-12-10-20(11-13-22)24-14-29-18-33-24/h6-15,18,23H,3-5,16-17H2,1-2H3/b26-25+. The number of aromatic nitrogens is 1. The van der Waals surface area contributed by atoms with E-state index in [1.54, 1.807) is 11.3 Å². The van der Waals surface area contributed by atoms with Crippen molar-refractivity contribution in [3.05, 3.63) is 82.4 Å². The van der Waals surface area contributed by atoms with Gasteiger partial charge in [-0.1, -0.05) is 68.8 Å². The Hall–Kier alpha value is -2.54. The predicted molar refractivity (Wildman–Crippen MR) is 134 cm³/mol. The van der Waals surface area contributed by atoms with Crippen molar-refractivity contribution in [3.8, 4) is 10.4 Å². The molecule has 0 bridgehead atoms. The van der Waals surface area contributed by atoms with Gasteiger partial charge in [-0.2, -0.15) is 0 Å². The number of allylic oxidation sites excluding steroid dienone is 1. The van der Waals surface area contributed by atoms with Crippen LogP contribution >= 0.6 is 11.3 Å². The van der Waals surface area contributed by atoms with Crippen LogP contribution in [0.1, 0.15) is 54.6 Å². The minimum absolute atomic E-state index is 0.0172. The van der Waals surface area contributed by atoms with E-state index in [4.69, 9.17) is 9.31 Å². The highest BCUT2D eigenvalue weighted by Gasteiger charge is 2.41. The van der Waals surface area contributed by atoms with Gasteiger partial charge in [0.25, 0.3) is 0 Å². The Bertz CT molecular complexity index is 1120. The molecule has 0 N–H and O–H groups in total. The van der Waals surface area contributed by atoms with Gasteiger partial charge in [-0.3, -0.25) is 9.78 Å². The first-order chi connectivity index (χ1) is 16.0. The minimum Gasteiger partial charge on any atom is -0.407 e. The van der Waals surface area contributed by atoms with Gasteiger partial charge in [-0.05, 0) is 46.5 Å². The van der Waals surface area contributed by atoms with Crippen LogP contribution in [0.15, 0.2) is 65.7 Å². The van der Waals surface area contributed by atoms with Gasteiger partial charge in [0.2, 0.25) is 0 Å². The van der Waals surface area contributed by atoms with Gasteiger partial charge in [0, 0.05) is 30.4 Å². The maximum atomic E-state index is 11.3. The highest BCUT2D eigenvalue weighted by molar-refractivity contribution is 7.13. The van der Waals surface area contributed by atoms with E-state index in [1.807, 2.05) is 36.0 Å². The maximum Gasteiger partial charge on any atom is 0.490 e. The molecule has 1 saturated carbocycles. The molecule has 1 aromatic heterocycles. The van der Waals surface area contributed by atoms with Crippen LogP contribution in [0.5, 0.6) is 0 Å². The quantitative estimate of drug-likeness (QED) is 0.321. The van der Waals surface area contributed by atoms with E-state index in [1.165, 1.54) is 11.9 Å². The van der Waals surface area contributed by atoms with Gasteiger partial charge in [-0.15, -0.1) is 11.3 Å². The van der Waals surface area contributed by atoms with Crippen molar-refractivity contribution >= 4 is 30.3 Å². The molecule has 4 nitrogen and oxygen atoms in total. The number of carbonyl (C=O) groups is 1. The van der Waals surface area contributed by atoms with Crippen molar-refractivity contribution in [1.82, 2.24) is 4.98 Å². The van der Waals surface area contributed by atoms with Crippen molar-refractivity contribution in [2.75, 3.05) is 13.2 Å². The third-order valence-corrected chi connectivity index (χ3v) is 7.39. The molecule has 0 amide bonds. The zero-order valence-electron chi connectivity index (χ0n) is 19.1. The van der Waals surface area contributed by atoms with Crippen LogP contribution in [0.3, 0.4) is 0 Å². The molecule has 1 aliphatic heterocycles. The zero-order chi connectivity index (χ0) is 22.8. The van der Waals surface area contributed by atoms with Gasteiger partial charge in [-0.25, -0.2) is 0 Å². The Kier molecular flexibility index (Phi) is 6.33. The van der Waals surface area contributed by atoms with Crippen LogP contribution in [0.2, 0.25) is 0 Å². The highest BCUT2D eigenvalue weighted by Crippen LogP contribution is 2.43. The average Bonchev–Trinajstić information content (AvgIpc) is 3.33. The number of hydrogen-bond donors (Lipinski definition) is 0. The van der Waals surface area contributed by atoms with E-state index < -0.39 is 0 Å². The molecule has 1 saturated heterocycles. The molecular formula is C27H28BNO3S. The van der Waals surface area contributed by atoms with Crippen molar-refractivity contribution in [2.45, 2.75) is 33.1 Å². The number of nitrogens with zero attached hydrogens (tertiary/aromatic N) is 1. The predicted octanol–water partition coefficient (Wildman–Crippen LogP) is 6.33. The first-order valence-corrected chi connectivity index (χ1v) is 12.4. The Labute approximate surface area is 199 Å². The number of hydrogen-bond acceptors (Lipinski definition) is 5. The Morgan fingerprint density at radius 3 is 2.18 bits per heavy atom. The summed E-state index contributed by atoms with van der Waals surface area (Å²) in [6, 6.07) is 16.5. The third kappa shape index (κ3) is 4.74. The molecule has 1 aliphatic carbocycles. The summed E-state index contributed by atoms with van der Waals surface area (Å²) >= 11 is 1.64. The maximum absolute atomic E-state index is 11.3. The lowest BCUT2D eigenvalue weighted by molar-refractivity contribution is 0.0303. The molecule has 168 valence electrons. The number of carbonyl (C=O) groups excluding carboxylic acids is 1. The molecule has 2 fully saturated rings. The van der Waals surface area contributed by atoms with Crippen molar-refractivity contribution in [1.29, 1.82) is 0 Å². The molecule has 33 heavy (non-hydrogen) atoms. The van der Waals surface area contributed by atoms with Crippen LogP contribution in [-0.2, 0) is 9.31 Å². The Balaban J connectivity index is 1.62. The van der Waals surface area contributed by atoms with Crippen LogP contribution < -0.4 is 0 Å². The largest absolute Gasteiger partial charge is 0.490 e. The van der Waals surface area contributed by atoms with Crippen LogP contribution in [0.25, 0.3) is 16.0 Å². The molecule has 0 unspecified atom stereocenters. The average molecular weight is 457 g/mol. The molecule has 2 aliphatic rings. The zero-order valence-corrected chi connectivity index (χ0v) is 19.9. The summed E-state index contributed by atoms with van der Waals surface area (Å²) in [6.45, 7) is 5.70. The van der Waals surface area contributed by atoms with E-state index >= 15 is 0 Å². The summed E-state index contributed by atoms with van der Waals surface area (Å²) in [5.41, 5.74) is 8.34. The van der Waals surface area contributed by atoms with Gasteiger partial charge in [0.05, 0.1) is 10.4 Å². The summed E-state index contributed by atoms with van der Waals surface area (Å²) in [6.07, 6.45) is 6.32. The van der Waals surface area contributed by atoms with E-state index in [0.717, 1.165) is 46.3 Å². The van der Waals surface area contributed by atoms with E-state index in [9.17, 15) is 4.79 Å². The van der Waals surface area contributed by atoms with Gasteiger partial charge in [0.15, 0.2) is 0 Å². The van der Waals surface area contributed by atoms with Crippen molar-refractivity contribution in [2.24, 2.45) is 11.3 Å². The smallest absolute Gasteiger partial charge is 0.407 e. The summed E-state index contributed by atoms with van der Waals surface area (Å²) in [5.74, 6) is 0.443. The fourth-order valence-corrected chi connectivity index (χ4v) is 5.12. The Morgan fingerprint density at radius 2 is 1.67 bits per heavy atom. The topological polar surface area (TPSA) is 48.4 Å². The fourth-order valence-electron chi connectivity index (χ4n) is 4.49. The fraction of sp³-hybridized carbons (Fsp3) is 0.333. The SMILES string of the molecule is CC1(C)COB(/C(=C(\c2ccc(C=O)cc2)c2ccc(-c3cncs3)cc2)C2CCC2)OC1. The molecule has 3 aromatic rings. The molecule has 2 heterocycles. The highest BCUT2D eigenvalue weighted by atomic mass is 32.1. The summed E-state index contributed by atoms with van der Waals surface area (Å²) in [4.78, 5) is 16.6. The number of aldehydes is 1. The van der Waals surface area contributed by atoms with E-state index in [0.29, 0.717) is 24.7 Å².